The van der Waals surface area contributed by atoms with Crippen molar-refractivity contribution in [3.05, 3.63) is 34.4 Å². The number of aromatic nitrogens is 3. The third-order valence-corrected chi connectivity index (χ3v) is 2.69. The van der Waals surface area contributed by atoms with Crippen LogP contribution in [0.1, 0.15) is 6.92 Å². The minimum atomic E-state index is -0.433. The summed E-state index contributed by atoms with van der Waals surface area (Å²) in [4.78, 5) is 10.3. The number of thiol groups is 1. The molecular weight excluding hydrogens is 240 g/mol. The predicted molar refractivity (Wildman–Crippen MR) is 65.0 cm³/mol. The standard InChI is InChI=1S/C10H10N4O2S/c1-2-13-9(11-12-10(13)17)7-4-3-5-8(6-7)14(15)16/h3-6H,2H2,1H3,(H,12,17). The van der Waals surface area contributed by atoms with Crippen LogP contribution in [-0.4, -0.2) is 19.7 Å². The molecular formula is C10H10N4O2S. The zero-order valence-corrected chi connectivity index (χ0v) is 9.96. The first-order valence-corrected chi connectivity index (χ1v) is 5.45. The van der Waals surface area contributed by atoms with Crippen molar-refractivity contribution in [1.29, 1.82) is 0 Å². The van der Waals surface area contributed by atoms with Crippen LogP contribution in [0.4, 0.5) is 5.69 Å². The molecule has 0 radical (unpaired) electrons. The van der Waals surface area contributed by atoms with E-state index in [4.69, 9.17) is 0 Å². The average molecular weight is 250 g/mol. The summed E-state index contributed by atoms with van der Waals surface area (Å²) in [6.45, 7) is 2.59. The smallest absolute Gasteiger partial charge is 0.270 e. The Morgan fingerprint density at radius 3 is 2.88 bits per heavy atom. The van der Waals surface area contributed by atoms with Gasteiger partial charge in [0.2, 0.25) is 0 Å². The molecule has 0 aliphatic carbocycles. The van der Waals surface area contributed by atoms with Crippen LogP contribution >= 0.6 is 12.6 Å². The fraction of sp³-hybridized carbons (Fsp3) is 0.200. The van der Waals surface area contributed by atoms with Crippen LogP contribution in [0.2, 0.25) is 0 Å². The third-order valence-electron chi connectivity index (χ3n) is 2.36. The SMILES string of the molecule is CCn1c(S)nnc1-c1cccc([N+](=O)[O-])c1. The fourth-order valence-electron chi connectivity index (χ4n) is 1.56. The molecule has 1 aromatic heterocycles. The summed E-state index contributed by atoms with van der Waals surface area (Å²) in [6, 6.07) is 6.30. The summed E-state index contributed by atoms with van der Waals surface area (Å²) in [5, 5.41) is 19.0. The molecule has 0 aliphatic heterocycles. The first-order chi connectivity index (χ1) is 8.13. The van der Waals surface area contributed by atoms with Crippen molar-refractivity contribution in [2.24, 2.45) is 0 Å². The molecule has 0 spiro atoms. The number of benzene rings is 1. The normalized spacial score (nSPS) is 10.5. The van der Waals surface area contributed by atoms with E-state index < -0.39 is 4.92 Å². The molecule has 0 fully saturated rings. The Bertz CT molecular complexity index is 567. The Kier molecular flexibility index (Phi) is 3.10. The molecule has 0 saturated carbocycles. The molecule has 2 aromatic rings. The van der Waals surface area contributed by atoms with E-state index in [9.17, 15) is 10.1 Å². The number of hydrogen-bond acceptors (Lipinski definition) is 5. The number of nitrogens with zero attached hydrogens (tertiary/aromatic N) is 4. The van der Waals surface area contributed by atoms with Gasteiger partial charge in [0.05, 0.1) is 4.92 Å². The van der Waals surface area contributed by atoms with E-state index in [2.05, 4.69) is 22.8 Å². The van der Waals surface area contributed by atoms with E-state index in [1.54, 1.807) is 16.7 Å². The van der Waals surface area contributed by atoms with Crippen LogP contribution in [0, 0.1) is 10.1 Å². The van der Waals surface area contributed by atoms with Gasteiger partial charge in [-0.3, -0.25) is 10.1 Å². The second-order valence-corrected chi connectivity index (χ2v) is 3.78. The van der Waals surface area contributed by atoms with Gasteiger partial charge in [-0.2, -0.15) is 0 Å². The Morgan fingerprint density at radius 2 is 2.24 bits per heavy atom. The summed E-state index contributed by atoms with van der Waals surface area (Å²) in [6.07, 6.45) is 0. The van der Waals surface area contributed by atoms with Crippen molar-refractivity contribution >= 4 is 18.3 Å². The van der Waals surface area contributed by atoms with Crippen LogP contribution in [0.3, 0.4) is 0 Å². The lowest BCUT2D eigenvalue weighted by Gasteiger charge is -2.04. The number of nitro groups is 1. The fourth-order valence-corrected chi connectivity index (χ4v) is 1.84. The van der Waals surface area contributed by atoms with Crippen molar-refractivity contribution in [2.75, 3.05) is 0 Å². The monoisotopic (exact) mass is 250 g/mol. The molecule has 6 nitrogen and oxygen atoms in total. The third kappa shape index (κ3) is 2.14. The molecule has 0 bridgehead atoms. The second-order valence-electron chi connectivity index (χ2n) is 3.38. The van der Waals surface area contributed by atoms with Crippen molar-refractivity contribution in [3.8, 4) is 11.4 Å². The highest BCUT2D eigenvalue weighted by atomic mass is 32.1. The predicted octanol–water partition coefficient (Wildman–Crippen LogP) is 2.16. The highest BCUT2D eigenvalue weighted by molar-refractivity contribution is 7.80. The average Bonchev–Trinajstić information content (AvgIpc) is 2.70. The molecule has 88 valence electrons. The molecule has 1 aromatic carbocycles. The maximum Gasteiger partial charge on any atom is 0.270 e. The van der Waals surface area contributed by atoms with E-state index in [1.165, 1.54) is 12.1 Å². The molecule has 17 heavy (non-hydrogen) atoms. The molecule has 0 saturated heterocycles. The van der Waals surface area contributed by atoms with Crippen LogP contribution in [0.25, 0.3) is 11.4 Å². The maximum absolute atomic E-state index is 10.7. The molecule has 2 rings (SSSR count). The van der Waals surface area contributed by atoms with Crippen molar-refractivity contribution < 1.29 is 4.92 Å². The first kappa shape index (κ1) is 11.6. The van der Waals surface area contributed by atoms with Gasteiger partial charge in [-0.25, -0.2) is 0 Å². The summed E-state index contributed by atoms with van der Waals surface area (Å²) in [5.74, 6) is 0.584. The van der Waals surface area contributed by atoms with Crippen LogP contribution < -0.4 is 0 Å². The van der Waals surface area contributed by atoms with Gasteiger partial charge in [-0.1, -0.05) is 12.1 Å². The quantitative estimate of drug-likeness (QED) is 0.514. The van der Waals surface area contributed by atoms with Gasteiger partial charge < -0.3 is 4.57 Å². The van der Waals surface area contributed by atoms with Gasteiger partial charge in [0, 0.05) is 24.2 Å². The van der Waals surface area contributed by atoms with Gasteiger partial charge in [0.25, 0.3) is 5.69 Å². The van der Waals surface area contributed by atoms with Gasteiger partial charge >= 0.3 is 0 Å². The first-order valence-electron chi connectivity index (χ1n) is 5.00. The van der Waals surface area contributed by atoms with Crippen LogP contribution in [0.5, 0.6) is 0 Å². The van der Waals surface area contributed by atoms with Gasteiger partial charge in [0.1, 0.15) is 0 Å². The largest absolute Gasteiger partial charge is 0.303 e. The number of hydrogen-bond donors (Lipinski definition) is 1. The van der Waals surface area contributed by atoms with Crippen molar-refractivity contribution in [3.63, 3.8) is 0 Å². The minimum Gasteiger partial charge on any atom is -0.303 e. The molecule has 1 heterocycles. The minimum absolute atomic E-state index is 0.0360. The number of nitro benzene ring substituents is 1. The Balaban J connectivity index is 2.52. The zero-order chi connectivity index (χ0) is 12.4. The Morgan fingerprint density at radius 1 is 1.47 bits per heavy atom. The summed E-state index contributed by atoms with van der Waals surface area (Å²) >= 11 is 4.17. The Labute approximate surface area is 103 Å². The maximum atomic E-state index is 10.7. The topological polar surface area (TPSA) is 73.8 Å². The van der Waals surface area contributed by atoms with Gasteiger partial charge in [0.15, 0.2) is 11.0 Å². The van der Waals surface area contributed by atoms with Gasteiger partial charge in [-0.15, -0.1) is 22.8 Å². The zero-order valence-electron chi connectivity index (χ0n) is 9.07. The van der Waals surface area contributed by atoms with Crippen LogP contribution in [-0.2, 0) is 6.54 Å². The molecule has 0 unspecified atom stereocenters. The van der Waals surface area contributed by atoms with E-state index >= 15 is 0 Å². The summed E-state index contributed by atoms with van der Waals surface area (Å²) in [7, 11) is 0. The summed E-state index contributed by atoms with van der Waals surface area (Å²) < 4.78 is 1.78. The van der Waals surface area contributed by atoms with E-state index in [-0.39, 0.29) is 5.69 Å². The lowest BCUT2D eigenvalue weighted by atomic mass is 10.2. The van der Waals surface area contributed by atoms with E-state index in [0.717, 1.165) is 0 Å². The number of non-ortho nitro benzene ring substituents is 1. The van der Waals surface area contributed by atoms with Crippen molar-refractivity contribution in [2.45, 2.75) is 18.6 Å². The van der Waals surface area contributed by atoms with Crippen LogP contribution in [0.15, 0.2) is 29.4 Å². The number of rotatable bonds is 3. The van der Waals surface area contributed by atoms with E-state index in [1.807, 2.05) is 6.92 Å². The Hall–Kier alpha value is -1.89. The van der Waals surface area contributed by atoms with Crippen molar-refractivity contribution in [1.82, 2.24) is 14.8 Å². The molecule has 0 aliphatic rings. The highest BCUT2D eigenvalue weighted by Crippen LogP contribution is 2.23. The lowest BCUT2D eigenvalue weighted by Crippen LogP contribution is -1.98. The molecule has 0 atom stereocenters. The molecule has 7 heteroatoms. The molecule has 0 N–H and O–H groups in total. The second kappa shape index (κ2) is 4.54. The highest BCUT2D eigenvalue weighted by Gasteiger charge is 2.13. The lowest BCUT2D eigenvalue weighted by molar-refractivity contribution is -0.384. The molecule has 0 amide bonds. The van der Waals surface area contributed by atoms with Gasteiger partial charge in [-0.05, 0) is 6.92 Å². The van der Waals surface area contributed by atoms with E-state index in [0.29, 0.717) is 23.1 Å². The summed E-state index contributed by atoms with van der Waals surface area (Å²) in [5.41, 5.74) is 0.697.